The van der Waals surface area contributed by atoms with Crippen molar-refractivity contribution >= 4 is 0 Å². The molecule has 4 heteroatoms. The zero-order chi connectivity index (χ0) is 17.2. The van der Waals surface area contributed by atoms with Gasteiger partial charge in [-0.25, -0.2) is 0 Å². The molecule has 1 heterocycles. The molecule has 1 aliphatic heterocycles. The number of unbranched alkanes of at least 4 members (excludes halogenated alkanes) is 1. The summed E-state index contributed by atoms with van der Waals surface area (Å²) in [6.45, 7) is 3.91. The van der Waals surface area contributed by atoms with E-state index in [1.807, 2.05) is 12.1 Å². The molecule has 0 radical (unpaired) electrons. The summed E-state index contributed by atoms with van der Waals surface area (Å²) < 4.78 is 11.5. The van der Waals surface area contributed by atoms with Gasteiger partial charge in [0, 0.05) is 11.5 Å². The second kappa shape index (κ2) is 7.16. The van der Waals surface area contributed by atoms with E-state index in [9.17, 15) is 5.11 Å². The number of aliphatic hydroxyl groups is 1. The van der Waals surface area contributed by atoms with Crippen LogP contribution in [0, 0.1) is 0 Å². The topological polar surface area (TPSA) is 41.9 Å². The highest BCUT2D eigenvalue weighted by atomic mass is 16.5. The predicted molar refractivity (Wildman–Crippen MR) is 95.9 cm³/mol. The van der Waals surface area contributed by atoms with Crippen LogP contribution in [0.5, 0.6) is 11.5 Å². The van der Waals surface area contributed by atoms with Crippen molar-refractivity contribution < 1.29 is 14.6 Å². The number of methoxy groups -OCH3 is 1. The van der Waals surface area contributed by atoms with Crippen LogP contribution in [0.2, 0.25) is 0 Å². The number of likely N-dealkylation sites (tertiary alicyclic amines) is 1. The molecule has 1 saturated heterocycles. The Morgan fingerprint density at radius 3 is 2.92 bits per heavy atom. The molecule has 1 aromatic rings. The summed E-state index contributed by atoms with van der Waals surface area (Å²) >= 11 is 0. The van der Waals surface area contributed by atoms with Gasteiger partial charge in [-0.3, -0.25) is 0 Å². The summed E-state index contributed by atoms with van der Waals surface area (Å²) in [7, 11) is 3.84. The van der Waals surface area contributed by atoms with Gasteiger partial charge in [0.25, 0.3) is 0 Å². The summed E-state index contributed by atoms with van der Waals surface area (Å²) in [6, 6.07) is 6.64. The van der Waals surface area contributed by atoms with Gasteiger partial charge in [-0.15, -0.1) is 0 Å². The average molecular weight is 331 g/mol. The first-order chi connectivity index (χ1) is 11.6. The van der Waals surface area contributed by atoms with E-state index >= 15 is 0 Å². The lowest BCUT2D eigenvalue weighted by Gasteiger charge is -2.39. The van der Waals surface area contributed by atoms with E-state index in [1.165, 1.54) is 5.56 Å². The second-order valence-corrected chi connectivity index (χ2v) is 7.02. The second-order valence-electron chi connectivity index (χ2n) is 7.02. The highest BCUT2D eigenvalue weighted by molar-refractivity contribution is 5.48. The Balaban J connectivity index is 1.95. The third kappa shape index (κ3) is 3.05. The molecule has 2 aliphatic rings. The van der Waals surface area contributed by atoms with Gasteiger partial charge in [0.05, 0.1) is 19.8 Å². The standard InChI is InChI=1S/C20H29NO3/c1-4-5-12-24-18-13-15(6-7-17(18)23-3)20-9-8-16(22)14-19(20)21(2)11-10-20/h6-9,13,16,19,22H,4-5,10-12,14H2,1-3H3/t16-,19+,20+/m1/s1. The smallest absolute Gasteiger partial charge is 0.161 e. The molecular weight excluding hydrogens is 302 g/mol. The van der Waals surface area contributed by atoms with Crippen LogP contribution in [0.3, 0.4) is 0 Å². The number of fused-ring (bicyclic) bond motifs is 1. The molecule has 0 spiro atoms. The van der Waals surface area contributed by atoms with Crippen molar-refractivity contribution in [3.05, 3.63) is 35.9 Å². The fourth-order valence-electron chi connectivity index (χ4n) is 4.09. The number of aliphatic hydroxyl groups excluding tert-OH is 1. The maximum Gasteiger partial charge on any atom is 0.161 e. The van der Waals surface area contributed by atoms with Gasteiger partial charge in [-0.1, -0.05) is 31.6 Å². The molecule has 0 amide bonds. The summed E-state index contributed by atoms with van der Waals surface area (Å²) in [4.78, 5) is 2.37. The number of hydrogen-bond donors (Lipinski definition) is 1. The number of rotatable bonds is 6. The van der Waals surface area contributed by atoms with E-state index in [4.69, 9.17) is 9.47 Å². The van der Waals surface area contributed by atoms with E-state index in [-0.39, 0.29) is 11.5 Å². The highest BCUT2D eigenvalue weighted by Crippen LogP contribution is 2.47. The number of benzene rings is 1. The van der Waals surface area contributed by atoms with Crippen LogP contribution in [-0.4, -0.2) is 49.5 Å². The Labute approximate surface area is 145 Å². The lowest BCUT2D eigenvalue weighted by molar-refractivity contribution is 0.137. The summed E-state index contributed by atoms with van der Waals surface area (Å²) in [5.74, 6) is 1.61. The molecule has 0 aromatic heterocycles. The lowest BCUT2D eigenvalue weighted by Crippen LogP contribution is -2.44. The fraction of sp³-hybridized carbons (Fsp3) is 0.600. The third-order valence-electron chi connectivity index (χ3n) is 5.54. The Bertz CT molecular complexity index is 601. The van der Waals surface area contributed by atoms with E-state index in [0.717, 1.165) is 43.7 Å². The molecule has 1 aromatic carbocycles. The molecule has 132 valence electrons. The van der Waals surface area contributed by atoms with E-state index in [0.29, 0.717) is 12.6 Å². The largest absolute Gasteiger partial charge is 0.493 e. The first-order valence-corrected chi connectivity index (χ1v) is 8.99. The number of ether oxygens (including phenoxy) is 2. The number of hydrogen-bond acceptors (Lipinski definition) is 4. The van der Waals surface area contributed by atoms with Crippen molar-refractivity contribution in [1.82, 2.24) is 4.90 Å². The van der Waals surface area contributed by atoms with Gasteiger partial charge in [-0.05, 0) is 50.6 Å². The van der Waals surface area contributed by atoms with Crippen LogP contribution >= 0.6 is 0 Å². The van der Waals surface area contributed by atoms with Crippen LogP contribution in [0.1, 0.15) is 38.2 Å². The normalized spacial score (nSPS) is 29.5. The zero-order valence-electron chi connectivity index (χ0n) is 15.0. The molecule has 0 bridgehead atoms. The minimum absolute atomic E-state index is 0.0386. The van der Waals surface area contributed by atoms with Crippen LogP contribution in [0.25, 0.3) is 0 Å². The van der Waals surface area contributed by atoms with Crippen molar-refractivity contribution in [2.75, 3.05) is 27.3 Å². The Hall–Kier alpha value is -1.52. The first-order valence-electron chi connectivity index (χ1n) is 8.99. The Morgan fingerprint density at radius 1 is 1.33 bits per heavy atom. The predicted octanol–water partition coefficient (Wildman–Crippen LogP) is 3.14. The maximum absolute atomic E-state index is 10.1. The lowest BCUT2D eigenvalue weighted by atomic mass is 9.69. The molecule has 1 aliphatic carbocycles. The van der Waals surface area contributed by atoms with E-state index in [2.05, 4.69) is 37.1 Å². The van der Waals surface area contributed by atoms with Crippen molar-refractivity contribution in [2.45, 2.75) is 50.2 Å². The molecule has 4 nitrogen and oxygen atoms in total. The maximum atomic E-state index is 10.1. The monoisotopic (exact) mass is 331 g/mol. The van der Waals surface area contributed by atoms with Crippen molar-refractivity contribution in [2.24, 2.45) is 0 Å². The molecular formula is C20H29NO3. The van der Waals surface area contributed by atoms with Crippen molar-refractivity contribution in [3.8, 4) is 11.5 Å². The molecule has 0 unspecified atom stereocenters. The molecule has 0 saturated carbocycles. The van der Waals surface area contributed by atoms with Crippen molar-refractivity contribution in [1.29, 1.82) is 0 Å². The van der Waals surface area contributed by atoms with Gasteiger partial charge >= 0.3 is 0 Å². The minimum atomic E-state index is -0.345. The molecule has 1 fully saturated rings. The quantitative estimate of drug-likeness (QED) is 0.642. The van der Waals surface area contributed by atoms with Gasteiger partial charge < -0.3 is 19.5 Å². The Morgan fingerprint density at radius 2 is 2.17 bits per heavy atom. The van der Waals surface area contributed by atoms with Crippen LogP contribution in [0.15, 0.2) is 30.4 Å². The molecule has 3 atom stereocenters. The summed E-state index contributed by atoms with van der Waals surface area (Å²) in [6.07, 6.45) is 7.82. The summed E-state index contributed by atoms with van der Waals surface area (Å²) in [5.41, 5.74) is 1.22. The van der Waals surface area contributed by atoms with Crippen LogP contribution in [-0.2, 0) is 5.41 Å². The van der Waals surface area contributed by atoms with Gasteiger partial charge in [-0.2, -0.15) is 0 Å². The average Bonchev–Trinajstić information content (AvgIpc) is 2.93. The molecule has 24 heavy (non-hydrogen) atoms. The SMILES string of the molecule is CCCCOc1cc([C@@]23C=C[C@@H](O)C[C@@H]2N(C)CC3)ccc1OC. The van der Waals surface area contributed by atoms with E-state index in [1.54, 1.807) is 7.11 Å². The van der Waals surface area contributed by atoms with Gasteiger partial charge in [0.15, 0.2) is 11.5 Å². The van der Waals surface area contributed by atoms with Crippen LogP contribution in [0.4, 0.5) is 0 Å². The third-order valence-corrected chi connectivity index (χ3v) is 5.54. The Kier molecular flexibility index (Phi) is 5.16. The fourth-order valence-corrected chi connectivity index (χ4v) is 4.09. The minimum Gasteiger partial charge on any atom is -0.493 e. The summed E-state index contributed by atoms with van der Waals surface area (Å²) in [5, 5.41) is 10.1. The number of likely N-dealkylation sites (N-methyl/N-ethyl adjacent to an activating group) is 1. The van der Waals surface area contributed by atoms with Crippen molar-refractivity contribution in [3.63, 3.8) is 0 Å². The molecule has 1 N–H and O–H groups in total. The zero-order valence-corrected chi connectivity index (χ0v) is 15.0. The van der Waals surface area contributed by atoms with Gasteiger partial charge in [0.1, 0.15) is 0 Å². The molecule has 3 rings (SSSR count). The highest BCUT2D eigenvalue weighted by Gasteiger charge is 2.48. The first kappa shape index (κ1) is 17.3. The van der Waals surface area contributed by atoms with Gasteiger partial charge in [0.2, 0.25) is 0 Å². The number of nitrogens with zero attached hydrogens (tertiary/aromatic N) is 1. The van der Waals surface area contributed by atoms with E-state index < -0.39 is 0 Å². The van der Waals surface area contributed by atoms with Crippen LogP contribution < -0.4 is 9.47 Å².